The molecular weight excluding hydrogens is 989 g/mol. The predicted octanol–water partition coefficient (Wildman–Crippen LogP) is 17.7. The average Bonchev–Trinajstić information content (AvgIpc) is 4.39. The van der Waals surface area contributed by atoms with Crippen LogP contribution in [-0.2, 0) is 0 Å². The molecule has 0 unspecified atom stereocenters. The van der Waals surface area contributed by atoms with Crippen LogP contribution in [0.2, 0.25) is 0 Å². The minimum atomic E-state index is 0.584. The Labute approximate surface area is 465 Å². The number of aromatic nitrogens is 5. The lowest BCUT2D eigenvalue weighted by Gasteiger charge is -2.12. The van der Waals surface area contributed by atoms with Crippen LogP contribution in [0.1, 0.15) is 16.7 Å². The number of nitriles is 3. The summed E-state index contributed by atoms with van der Waals surface area (Å²) in [5, 5.41) is 36.8. The number of nitrogens with zero attached hydrogens (tertiary/aromatic N) is 8. The summed E-state index contributed by atoms with van der Waals surface area (Å²) in [5.41, 5.74) is 19.4. The zero-order valence-corrected chi connectivity index (χ0v) is 43.3. The zero-order chi connectivity index (χ0) is 54.1. The Kier molecular flexibility index (Phi) is 10.8. The highest BCUT2D eigenvalue weighted by molar-refractivity contribution is 6.14. The molecule has 0 aliphatic carbocycles. The van der Waals surface area contributed by atoms with Crippen molar-refractivity contribution in [1.82, 2.24) is 23.7 Å². The second-order valence-corrected chi connectivity index (χ2v) is 20.3. The molecule has 0 fully saturated rings. The molecule has 4 aromatic heterocycles. The fraction of sp³-hybridized carbons (Fsp3) is 0. The lowest BCUT2D eigenvalue weighted by Crippen LogP contribution is -1.96. The molecule has 0 bridgehead atoms. The Balaban J connectivity index is 0.818. The number of benzene rings is 11. The lowest BCUT2D eigenvalue weighted by atomic mass is 9.94. The summed E-state index contributed by atoms with van der Waals surface area (Å²) in [6.07, 6.45) is 0. The fourth-order valence-corrected chi connectivity index (χ4v) is 12.0. The van der Waals surface area contributed by atoms with Crippen molar-refractivity contribution in [1.29, 1.82) is 15.8 Å². The second kappa shape index (κ2) is 18.8. The van der Waals surface area contributed by atoms with Gasteiger partial charge in [0.1, 0.15) is 0 Å². The summed E-state index contributed by atoms with van der Waals surface area (Å²) in [7, 11) is 0. The summed E-state index contributed by atoms with van der Waals surface area (Å²) in [6.45, 7) is 0. The smallest absolute Gasteiger partial charge is 0.160 e. The van der Waals surface area contributed by atoms with Gasteiger partial charge in [-0.25, -0.2) is 9.97 Å². The number of hydrogen-bond donors (Lipinski definition) is 0. The molecule has 8 heteroatoms. The number of para-hydroxylation sites is 2. The number of fused-ring (bicyclic) bond motifs is 9. The van der Waals surface area contributed by atoms with Gasteiger partial charge in [-0.2, -0.15) is 15.8 Å². The molecule has 374 valence electrons. The third kappa shape index (κ3) is 7.73. The molecule has 0 N–H and O–H groups in total. The van der Waals surface area contributed by atoms with E-state index in [-0.39, 0.29) is 0 Å². The van der Waals surface area contributed by atoms with E-state index in [0.29, 0.717) is 22.5 Å². The Morgan fingerprint density at radius 2 is 0.679 bits per heavy atom. The standard InChI is InChI=1S/C73H42N8/c74-43-46-19-33-69-61(37-46)59-15-7-9-17-67(59)80(69)56-30-35-71-63(40-56)64-41-57(81-68-18-10-8-16-60(68)62-38-47(44-75)20-34-70(62)81)31-36-72(64)79(71)55-28-25-48(26-29-55)53-27-32-58(54(39-53)45-76)49-21-23-51(24-22-49)66-42-65(50-11-3-1-4-12-50)77-73(78-66)52-13-5-2-6-14-52/h1-42H. The predicted molar refractivity (Wildman–Crippen MR) is 326 cm³/mol. The van der Waals surface area contributed by atoms with Gasteiger partial charge in [0, 0.05) is 66.1 Å². The van der Waals surface area contributed by atoms with Crippen molar-refractivity contribution in [2.45, 2.75) is 0 Å². The first-order chi connectivity index (χ1) is 40.0. The fourth-order valence-electron chi connectivity index (χ4n) is 12.0. The zero-order valence-electron chi connectivity index (χ0n) is 43.3. The highest BCUT2D eigenvalue weighted by atomic mass is 15.0. The SMILES string of the molecule is N#Cc1ccc2c(c1)c1ccccc1n2-c1ccc2c(c1)c1cc(-n3c4ccccc4c4cc(C#N)ccc43)ccc1n2-c1ccc(-c2ccc(-c3ccc(-c4cc(-c5ccccc5)nc(-c5ccccc5)n4)cc3)c(C#N)c2)cc1. The second-order valence-electron chi connectivity index (χ2n) is 20.3. The van der Waals surface area contributed by atoms with E-state index >= 15 is 0 Å². The van der Waals surface area contributed by atoms with Crippen LogP contribution in [0.15, 0.2) is 255 Å². The maximum absolute atomic E-state index is 10.6. The van der Waals surface area contributed by atoms with Crippen LogP contribution in [0.25, 0.3) is 139 Å². The Morgan fingerprint density at radius 1 is 0.272 bits per heavy atom. The maximum Gasteiger partial charge on any atom is 0.160 e. The topological polar surface area (TPSA) is 112 Å². The lowest BCUT2D eigenvalue weighted by molar-refractivity contribution is 1.16. The third-order valence-electron chi connectivity index (χ3n) is 15.8. The Hall–Kier alpha value is -11.6. The minimum absolute atomic E-state index is 0.584. The van der Waals surface area contributed by atoms with E-state index in [1.54, 1.807) is 0 Å². The van der Waals surface area contributed by atoms with E-state index in [1.165, 1.54) is 0 Å². The highest BCUT2D eigenvalue weighted by Crippen LogP contribution is 2.41. The van der Waals surface area contributed by atoms with Crippen LogP contribution in [0.4, 0.5) is 0 Å². The van der Waals surface area contributed by atoms with Crippen molar-refractivity contribution in [3.8, 4) is 91.4 Å². The van der Waals surface area contributed by atoms with E-state index in [9.17, 15) is 15.8 Å². The van der Waals surface area contributed by atoms with Crippen LogP contribution in [0.5, 0.6) is 0 Å². The Morgan fingerprint density at radius 3 is 1.21 bits per heavy atom. The summed E-state index contributed by atoms with van der Waals surface area (Å²) in [6, 6.07) is 94.4. The molecule has 15 aromatic rings. The van der Waals surface area contributed by atoms with Gasteiger partial charge in [-0.15, -0.1) is 0 Å². The van der Waals surface area contributed by atoms with Gasteiger partial charge in [0.2, 0.25) is 0 Å². The van der Waals surface area contributed by atoms with Gasteiger partial charge < -0.3 is 13.7 Å². The monoisotopic (exact) mass is 1030 g/mol. The molecule has 0 saturated heterocycles. The van der Waals surface area contributed by atoms with Gasteiger partial charge in [-0.05, 0) is 131 Å². The average molecular weight is 1030 g/mol. The van der Waals surface area contributed by atoms with E-state index in [1.807, 2.05) is 103 Å². The van der Waals surface area contributed by atoms with Crippen molar-refractivity contribution >= 4 is 65.4 Å². The molecule has 11 aromatic carbocycles. The van der Waals surface area contributed by atoms with Crippen molar-refractivity contribution in [2.75, 3.05) is 0 Å². The van der Waals surface area contributed by atoms with Crippen molar-refractivity contribution < 1.29 is 0 Å². The molecule has 0 atom stereocenters. The molecular formula is C73H42N8. The Bertz CT molecular complexity index is 4930. The van der Waals surface area contributed by atoms with Crippen molar-refractivity contribution in [3.63, 3.8) is 0 Å². The molecule has 0 amide bonds. The van der Waals surface area contributed by atoms with E-state index in [2.05, 4.69) is 184 Å². The molecule has 81 heavy (non-hydrogen) atoms. The molecule has 0 aliphatic heterocycles. The molecule has 0 radical (unpaired) electrons. The van der Waals surface area contributed by atoms with E-state index < -0.39 is 0 Å². The molecule has 0 saturated carbocycles. The maximum atomic E-state index is 10.6. The first-order valence-corrected chi connectivity index (χ1v) is 26.7. The summed E-state index contributed by atoms with van der Waals surface area (Å²) in [4.78, 5) is 9.98. The molecule has 4 heterocycles. The first kappa shape index (κ1) is 46.7. The van der Waals surface area contributed by atoms with Gasteiger partial charge in [-0.1, -0.05) is 146 Å². The number of hydrogen-bond acceptors (Lipinski definition) is 5. The molecule has 0 spiro atoms. The van der Waals surface area contributed by atoms with Crippen molar-refractivity contribution in [3.05, 3.63) is 271 Å². The van der Waals surface area contributed by atoms with Crippen LogP contribution in [0.3, 0.4) is 0 Å². The van der Waals surface area contributed by atoms with Gasteiger partial charge in [0.05, 0.1) is 79.4 Å². The van der Waals surface area contributed by atoms with Crippen LogP contribution >= 0.6 is 0 Å². The first-order valence-electron chi connectivity index (χ1n) is 26.7. The quantitative estimate of drug-likeness (QED) is 0.150. The van der Waals surface area contributed by atoms with Crippen LogP contribution in [-0.4, -0.2) is 23.7 Å². The summed E-state index contributed by atoms with van der Waals surface area (Å²) >= 11 is 0. The highest BCUT2D eigenvalue weighted by Gasteiger charge is 2.21. The number of rotatable bonds is 8. The van der Waals surface area contributed by atoms with Gasteiger partial charge >= 0.3 is 0 Å². The van der Waals surface area contributed by atoms with Gasteiger partial charge in [0.25, 0.3) is 0 Å². The molecule has 15 rings (SSSR count). The third-order valence-corrected chi connectivity index (χ3v) is 15.8. The van der Waals surface area contributed by atoms with Crippen LogP contribution < -0.4 is 0 Å². The summed E-state index contributed by atoms with van der Waals surface area (Å²) in [5.74, 6) is 0.660. The van der Waals surface area contributed by atoms with Crippen LogP contribution in [0, 0.1) is 34.0 Å². The van der Waals surface area contributed by atoms with Gasteiger partial charge in [0.15, 0.2) is 5.82 Å². The molecule has 0 aliphatic rings. The van der Waals surface area contributed by atoms with E-state index in [0.717, 1.165) is 133 Å². The largest absolute Gasteiger partial charge is 0.309 e. The summed E-state index contributed by atoms with van der Waals surface area (Å²) < 4.78 is 6.93. The minimum Gasteiger partial charge on any atom is -0.309 e. The van der Waals surface area contributed by atoms with E-state index in [4.69, 9.17) is 9.97 Å². The van der Waals surface area contributed by atoms with Crippen molar-refractivity contribution in [2.24, 2.45) is 0 Å². The van der Waals surface area contributed by atoms with Gasteiger partial charge in [-0.3, -0.25) is 0 Å². The normalized spacial score (nSPS) is 11.4. The molecule has 8 nitrogen and oxygen atoms in total.